The largest absolute Gasteiger partial charge is 0.381 e. The molecule has 0 aromatic rings. The van der Waals surface area contributed by atoms with Gasteiger partial charge in [-0.3, -0.25) is 0 Å². The average molecular weight is 114 g/mol. The van der Waals surface area contributed by atoms with Crippen LogP contribution in [-0.2, 0) is 4.74 Å². The van der Waals surface area contributed by atoms with Crippen molar-refractivity contribution in [3.05, 3.63) is 0 Å². The predicted molar refractivity (Wildman–Crippen MR) is 33.8 cm³/mol. The van der Waals surface area contributed by atoms with Gasteiger partial charge in [-0.15, -0.1) is 0 Å². The van der Waals surface area contributed by atoms with Crippen LogP contribution in [0.3, 0.4) is 0 Å². The molecule has 0 spiro atoms. The van der Waals surface area contributed by atoms with Gasteiger partial charge in [0.15, 0.2) is 0 Å². The molecule has 0 bridgehead atoms. The van der Waals surface area contributed by atoms with Crippen LogP contribution in [-0.4, -0.2) is 13.2 Å². The van der Waals surface area contributed by atoms with E-state index in [-0.39, 0.29) is 0 Å². The van der Waals surface area contributed by atoms with E-state index < -0.39 is 0 Å². The second kappa shape index (κ2) is 2.06. The second-order valence-electron chi connectivity index (χ2n) is 2.97. The molecule has 0 unspecified atom stereocenters. The van der Waals surface area contributed by atoms with Gasteiger partial charge in [0.1, 0.15) is 0 Å². The monoisotopic (exact) mass is 114 g/mol. The van der Waals surface area contributed by atoms with Gasteiger partial charge in [-0.05, 0) is 18.3 Å². The van der Waals surface area contributed by atoms with Gasteiger partial charge in [-0.25, -0.2) is 0 Å². The van der Waals surface area contributed by atoms with Crippen molar-refractivity contribution in [1.82, 2.24) is 0 Å². The highest BCUT2D eigenvalue weighted by molar-refractivity contribution is 4.75. The summed E-state index contributed by atoms with van der Waals surface area (Å²) in [5.41, 5.74) is 0.514. The summed E-state index contributed by atoms with van der Waals surface area (Å²) in [7, 11) is 0. The van der Waals surface area contributed by atoms with Gasteiger partial charge in [0.25, 0.3) is 0 Å². The minimum Gasteiger partial charge on any atom is -0.381 e. The van der Waals surface area contributed by atoms with Crippen molar-refractivity contribution in [3.8, 4) is 0 Å². The molecular weight excluding hydrogens is 100 g/mol. The van der Waals surface area contributed by atoms with Gasteiger partial charge < -0.3 is 4.74 Å². The maximum Gasteiger partial charge on any atom is 0.0520 e. The summed E-state index contributed by atoms with van der Waals surface area (Å²) in [5.74, 6) is 0. The molecule has 8 heavy (non-hydrogen) atoms. The lowest BCUT2D eigenvalue weighted by Crippen LogP contribution is -2.13. The third-order valence-electron chi connectivity index (χ3n) is 2.15. The summed E-state index contributed by atoms with van der Waals surface area (Å²) in [4.78, 5) is 0. The van der Waals surface area contributed by atoms with E-state index in [0.29, 0.717) is 5.41 Å². The average Bonchev–Trinajstić information content (AvgIpc) is 2.17. The number of hydrogen-bond donors (Lipinski definition) is 0. The Kier molecular flexibility index (Phi) is 1.57. The van der Waals surface area contributed by atoms with Crippen LogP contribution in [0.4, 0.5) is 0 Å². The van der Waals surface area contributed by atoms with Gasteiger partial charge in [0.2, 0.25) is 0 Å². The minimum absolute atomic E-state index is 0.514. The molecule has 0 N–H and O–H groups in total. The van der Waals surface area contributed by atoms with Gasteiger partial charge in [-0.1, -0.05) is 13.8 Å². The van der Waals surface area contributed by atoms with Gasteiger partial charge >= 0.3 is 0 Å². The molecule has 48 valence electrons. The van der Waals surface area contributed by atoms with Crippen LogP contribution in [0.2, 0.25) is 0 Å². The number of ether oxygens (including phenoxy) is 1. The second-order valence-corrected chi connectivity index (χ2v) is 2.97. The van der Waals surface area contributed by atoms with E-state index in [9.17, 15) is 0 Å². The highest BCUT2D eigenvalue weighted by Gasteiger charge is 2.26. The summed E-state index contributed by atoms with van der Waals surface area (Å²) >= 11 is 0. The van der Waals surface area contributed by atoms with Crippen LogP contribution in [0.5, 0.6) is 0 Å². The topological polar surface area (TPSA) is 9.23 Å². The van der Waals surface area contributed by atoms with E-state index in [2.05, 4.69) is 13.8 Å². The Labute approximate surface area is 51.0 Å². The van der Waals surface area contributed by atoms with Crippen LogP contribution in [0, 0.1) is 5.41 Å². The maximum atomic E-state index is 5.25. The lowest BCUT2D eigenvalue weighted by atomic mass is 9.87. The van der Waals surface area contributed by atoms with E-state index in [1.54, 1.807) is 0 Å². The molecule has 0 radical (unpaired) electrons. The van der Waals surface area contributed by atoms with Crippen molar-refractivity contribution in [1.29, 1.82) is 0 Å². The summed E-state index contributed by atoms with van der Waals surface area (Å²) in [5, 5.41) is 0. The van der Waals surface area contributed by atoms with E-state index in [1.165, 1.54) is 12.8 Å². The Morgan fingerprint density at radius 3 is 2.62 bits per heavy atom. The highest BCUT2D eigenvalue weighted by atomic mass is 16.5. The van der Waals surface area contributed by atoms with E-state index in [4.69, 9.17) is 4.74 Å². The highest BCUT2D eigenvalue weighted by Crippen LogP contribution is 2.30. The molecule has 1 saturated heterocycles. The standard InChI is InChI=1S/C7H14O/c1-3-7(2)4-5-8-6-7/h3-6H2,1-2H3/t7-/m1/s1. The first-order valence-corrected chi connectivity index (χ1v) is 3.35. The van der Waals surface area contributed by atoms with Gasteiger partial charge in [0.05, 0.1) is 6.61 Å². The van der Waals surface area contributed by atoms with Crippen LogP contribution >= 0.6 is 0 Å². The van der Waals surface area contributed by atoms with E-state index >= 15 is 0 Å². The molecule has 0 aliphatic carbocycles. The molecule has 0 saturated carbocycles. The fraction of sp³-hybridized carbons (Fsp3) is 1.00. The first-order chi connectivity index (χ1) is 3.77. The Bertz CT molecular complexity index is 72.5. The van der Waals surface area contributed by atoms with Gasteiger partial charge in [0, 0.05) is 6.61 Å². The van der Waals surface area contributed by atoms with Crippen molar-refractivity contribution in [2.45, 2.75) is 26.7 Å². The van der Waals surface area contributed by atoms with Crippen molar-refractivity contribution in [3.63, 3.8) is 0 Å². The number of rotatable bonds is 1. The molecule has 1 atom stereocenters. The van der Waals surface area contributed by atoms with E-state index in [1.807, 2.05) is 0 Å². The molecule has 0 aromatic carbocycles. The van der Waals surface area contributed by atoms with Crippen LogP contribution in [0.25, 0.3) is 0 Å². The molecule has 1 heteroatoms. The van der Waals surface area contributed by atoms with E-state index in [0.717, 1.165) is 13.2 Å². The fourth-order valence-corrected chi connectivity index (χ4v) is 0.988. The zero-order valence-electron chi connectivity index (χ0n) is 5.74. The van der Waals surface area contributed by atoms with Crippen LogP contribution in [0.1, 0.15) is 26.7 Å². The molecular formula is C7H14O. The van der Waals surface area contributed by atoms with Crippen molar-refractivity contribution in [2.24, 2.45) is 5.41 Å². The lowest BCUT2D eigenvalue weighted by Gasteiger charge is -2.17. The Hall–Kier alpha value is -0.0400. The minimum atomic E-state index is 0.514. The molecule has 1 heterocycles. The Balaban J connectivity index is 2.40. The molecule has 1 nitrogen and oxygen atoms in total. The fourth-order valence-electron chi connectivity index (χ4n) is 0.988. The third kappa shape index (κ3) is 1.03. The maximum absolute atomic E-state index is 5.25. The molecule has 1 fully saturated rings. The number of hydrogen-bond acceptors (Lipinski definition) is 1. The zero-order chi connectivity index (χ0) is 6.04. The zero-order valence-corrected chi connectivity index (χ0v) is 5.74. The Morgan fingerprint density at radius 1 is 1.62 bits per heavy atom. The Morgan fingerprint density at radius 2 is 2.38 bits per heavy atom. The lowest BCUT2D eigenvalue weighted by molar-refractivity contribution is 0.157. The van der Waals surface area contributed by atoms with Gasteiger partial charge in [-0.2, -0.15) is 0 Å². The third-order valence-corrected chi connectivity index (χ3v) is 2.15. The first-order valence-electron chi connectivity index (χ1n) is 3.35. The quantitative estimate of drug-likeness (QED) is 0.505. The molecule has 1 rings (SSSR count). The predicted octanol–water partition coefficient (Wildman–Crippen LogP) is 1.82. The van der Waals surface area contributed by atoms with Crippen molar-refractivity contribution < 1.29 is 4.74 Å². The van der Waals surface area contributed by atoms with Crippen molar-refractivity contribution in [2.75, 3.05) is 13.2 Å². The molecule has 0 aromatic heterocycles. The smallest absolute Gasteiger partial charge is 0.0520 e. The first kappa shape index (κ1) is 6.09. The molecule has 0 amide bonds. The summed E-state index contributed by atoms with van der Waals surface area (Å²) in [6.45, 7) is 6.47. The van der Waals surface area contributed by atoms with Crippen LogP contribution in [0.15, 0.2) is 0 Å². The normalized spacial score (nSPS) is 38.2. The summed E-state index contributed by atoms with van der Waals surface area (Å²) < 4.78 is 5.25. The summed E-state index contributed by atoms with van der Waals surface area (Å²) in [6, 6.07) is 0. The summed E-state index contributed by atoms with van der Waals surface area (Å²) in [6.07, 6.45) is 2.51. The van der Waals surface area contributed by atoms with Crippen LogP contribution < -0.4 is 0 Å². The molecule has 1 aliphatic heterocycles. The molecule has 1 aliphatic rings. The van der Waals surface area contributed by atoms with Crippen molar-refractivity contribution >= 4 is 0 Å². The SMILES string of the molecule is CC[C@]1(C)CCOC1.